The van der Waals surface area contributed by atoms with Gasteiger partial charge >= 0.3 is 6.03 Å². The van der Waals surface area contributed by atoms with Crippen LogP contribution in [0.15, 0.2) is 53.4 Å². The number of hydrogen-bond acceptors (Lipinski definition) is 6. The molecule has 1 N–H and O–H groups in total. The Bertz CT molecular complexity index is 1340. The summed E-state index contributed by atoms with van der Waals surface area (Å²) in [5.41, 5.74) is -0.775. The monoisotopic (exact) mass is 516 g/mol. The van der Waals surface area contributed by atoms with Crippen molar-refractivity contribution in [1.29, 1.82) is 0 Å². The number of benzene rings is 2. The van der Waals surface area contributed by atoms with Gasteiger partial charge in [-0.3, -0.25) is 19.3 Å². The van der Waals surface area contributed by atoms with E-state index < -0.39 is 45.8 Å². The van der Waals surface area contributed by atoms with Crippen molar-refractivity contribution >= 4 is 33.7 Å². The molecule has 0 radical (unpaired) electrons. The molecule has 2 aromatic rings. The fraction of sp³-hybridized carbons (Fsp3) is 0.333. The van der Waals surface area contributed by atoms with E-state index in [0.29, 0.717) is 5.56 Å². The van der Waals surface area contributed by atoms with Crippen molar-refractivity contribution in [2.75, 3.05) is 32.7 Å². The van der Waals surface area contributed by atoms with Gasteiger partial charge < -0.3 is 10.2 Å². The lowest BCUT2D eigenvalue weighted by molar-refractivity contribution is -0.139. The lowest BCUT2D eigenvalue weighted by atomic mass is 9.92. The van der Waals surface area contributed by atoms with Crippen molar-refractivity contribution in [3.8, 4) is 0 Å². The van der Waals surface area contributed by atoms with Gasteiger partial charge in [-0.1, -0.05) is 24.3 Å². The molecule has 190 valence electrons. The van der Waals surface area contributed by atoms with Crippen LogP contribution in [0.2, 0.25) is 0 Å². The molecule has 2 saturated heterocycles. The third-order valence-corrected chi connectivity index (χ3v) is 8.35. The fourth-order valence-corrected chi connectivity index (χ4v) is 5.73. The number of hydrogen-bond donors (Lipinski definition) is 1. The summed E-state index contributed by atoms with van der Waals surface area (Å²) in [7, 11) is -3.87. The molecule has 10 nitrogen and oxygen atoms in total. The third-order valence-electron chi connectivity index (χ3n) is 6.46. The zero-order chi connectivity index (χ0) is 26.3. The van der Waals surface area contributed by atoms with Crippen LogP contribution >= 0.6 is 0 Å². The summed E-state index contributed by atoms with van der Waals surface area (Å²) in [4.78, 5) is 52.2. The number of rotatable bonds is 6. The predicted molar refractivity (Wildman–Crippen MR) is 126 cm³/mol. The van der Waals surface area contributed by atoms with Gasteiger partial charge in [-0.2, -0.15) is 4.31 Å². The van der Waals surface area contributed by atoms with Gasteiger partial charge in [-0.25, -0.2) is 17.6 Å². The van der Waals surface area contributed by atoms with Gasteiger partial charge in [0.1, 0.15) is 17.9 Å². The molecule has 2 aromatic carbocycles. The van der Waals surface area contributed by atoms with E-state index in [2.05, 4.69) is 5.32 Å². The molecule has 4 rings (SSSR count). The molecule has 2 fully saturated rings. The van der Waals surface area contributed by atoms with Crippen molar-refractivity contribution in [2.24, 2.45) is 0 Å². The lowest BCUT2D eigenvalue weighted by Gasteiger charge is -2.34. The van der Waals surface area contributed by atoms with Crippen molar-refractivity contribution in [3.05, 3.63) is 65.5 Å². The minimum atomic E-state index is -3.87. The van der Waals surface area contributed by atoms with Crippen LogP contribution in [0.5, 0.6) is 0 Å². The molecule has 0 bridgehead atoms. The number of halogens is 1. The van der Waals surface area contributed by atoms with E-state index in [1.54, 1.807) is 0 Å². The number of urea groups is 1. The maximum atomic E-state index is 13.3. The van der Waals surface area contributed by atoms with Crippen molar-refractivity contribution in [2.45, 2.75) is 24.3 Å². The highest BCUT2D eigenvalue weighted by molar-refractivity contribution is 7.89. The minimum absolute atomic E-state index is 0.00519. The minimum Gasteiger partial charge on any atom is -0.338 e. The second-order valence-corrected chi connectivity index (χ2v) is 10.8. The largest absolute Gasteiger partial charge is 0.338 e. The number of piperazine rings is 1. The van der Waals surface area contributed by atoms with E-state index in [-0.39, 0.29) is 42.4 Å². The zero-order valence-electron chi connectivity index (χ0n) is 19.7. The zero-order valence-corrected chi connectivity index (χ0v) is 20.5. The number of imide groups is 1. The molecule has 0 aromatic heterocycles. The number of nitrogens with one attached hydrogen (secondary N) is 1. The number of carbonyl (C=O) groups excluding carboxylic acids is 4. The summed E-state index contributed by atoms with van der Waals surface area (Å²) >= 11 is 0. The van der Waals surface area contributed by atoms with E-state index >= 15 is 0 Å². The van der Waals surface area contributed by atoms with Crippen molar-refractivity contribution in [1.82, 2.24) is 19.4 Å². The standard InChI is InChI=1S/C24H25FN4O6S/c1-16(30)17-4-3-5-20(14-17)36(34,35)28-12-10-27(11-13-28)21(31)15-29-22(32)24(2,26-23(29)33)18-6-8-19(25)9-7-18/h3-9,14H,10-13,15H2,1-2H3,(H,26,33). The van der Waals surface area contributed by atoms with Gasteiger partial charge in [0.2, 0.25) is 15.9 Å². The highest BCUT2D eigenvalue weighted by Crippen LogP contribution is 2.29. The topological polar surface area (TPSA) is 124 Å². The highest BCUT2D eigenvalue weighted by atomic mass is 32.2. The normalized spacial score (nSPS) is 21.0. The number of carbonyl (C=O) groups is 4. The molecule has 1 unspecified atom stereocenters. The van der Waals surface area contributed by atoms with Gasteiger partial charge in [0, 0.05) is 31.7 Å². The molecule has 2 heterocycles. The lowest BCUT2D eigenvalue weighted by Crippen LogP contribution is -2.53. The average Bonchev–Trinajstić information content (AvgIpc) is 3.08. The summed E-state index contributed by atoms with van der Waals surface area (Å²) in [6.07, 6.45) is 0. The van der Waals surface area contributed by atoms with Crippen LogP contribution in [0.25, 0.3) is 0 Å². The van der Waals surface area contributed by atoms with Gasteiger partial charge in [-0.05, 0) is 43.7 Å². The van der Waals surface area contributed by atoms with Gasteiger partial charge in [-0.15, -0.1) is 0 Å². The molecule has 12 heteroatoms. The van der Waals surface area contributed by atoms with Crippen LogP contribution in [0.3, 0.4) is 0 Å². The summed E-state index contributed by atoms with van der Waals surface area (Å²) < 4.78 is 40.5. The molecule has 4 amide bonds. The Morgan fingerprint density at radius 3 is 2.28 bits per heavy atom. The highest BCUT2D eigenvalue weighted by Gasteiger charge is 2.49. The number of ketones is 1. The SMILES string of the molecule is CC(=O)c1cccc(S(=O)(=O)N2CCN(C(=O)CN3C(=O)NC(C)(c4ccc(F)cc4)C3=O)CC2)c1. The van der Waals surface area contributed by atoms with Crippen LogP contribution < -0.4 is 5.32 Å². The molecule has 0 saturated carbocycles. The maximum absolute atomic E-state index is 13.3. The quantitative estimate of drug-likeness (QED) is 0.456. The van der Waals surface area contributed by atoms with Crippen molar-refractivity contribution in [3.63, 3.8) is 0 Å². The van der Waals surface area contributed by atoms with Crippen LogP contribution in [0, 0.1) is 5.82 Å². The van der Waals surface area contributed by atoms with E-state index in [1.165, 1.54) is 71.6 Å². The number of sulfonamides is 1. The molecular weight excluding hydrogens is 491 g/mol. The van der Waals surface area contributed by atoms with Crippen LogP contribution in [-0.4, -0.2) is 78.9 Å². The third kappa shape index (κ3) is 4.61. The summed E-state index contributed by atoms with van der Waals surface area (Å²) in [6.45, 7) is 2.51. The Hall–Kier alpha value is -3.64. The molecular formula is C24H25FN4O6S. The summed E-state index contributed by atoms with van der Waals surface area (Å²) in [5, 5.41) is 2.56. The number of nitrogens with zero attached hydrogens (tertiary/aromatic N) is 3. The van der Waals surface area contributed by atoms with E-state index in [9.17, 15) is 32.0 Å². The Labute approximate surface area is 207 Å². The maximum Gasteiger partial charge on any atom is 0.325 e. The Kier molecular flexibility index (Phi) is 6.67. The molecule has 0 aliphatic carbocycles. The summed E-state index contributed by atoms with van der Waals surface area (Å²) in [5.74, 6) is -1.88. The second-order valence-electron chi connectivity index (χ2n) is 8.82. The van der Waals surface area contributed by atoms with Crippen LogP contribution in [-0.2, 0) is 25.2 Å². The Morgan fingerprint density at radius 1 is 1.03 bits per heavy atom. The first-order valence-electron chi connectivity index (χ1n) is 11.2. The first kappa shape index (κ1) is 25.5. The smallest absolute Gasteiger partial charge is 0.325 e. The van der Waals surface area contributed by atoms with Crippen LogP contribution in [0.1, 0.15) is 29.8 Å². The predicted octanol–water partition coefficient (Wildman–Crippen LogP) is 1.33. The van der Waals surface area contributed by atoms with E-state index in [4.69, 9.17) is 0 Å². The Balaban J connectivity index is 1.40. The number of amides is 4. The number of Topliss-reactive ketones (excluding diaryl/α,β-unsaturated/α-hetero) is 1. The van der Waals surface area contributed by atoms with E-state index in [1.807, 2.05) is 0 Å². The molecule has 36 heavy (non-hydrogen) atoms. The van der Waals surface area contributed by atoms with Crippen molar-refractivity contribution < 1.29 is 32.0 Å². The Morgan fingerprint density at radius 2 is 1.67 bits per heavy atom. The first-order valence-corrected chi connectivity index (χ1v) is 12.7. The molecule has 1 atom stereocenters. The van der Waals surface area contributed by atoms with Gasteiger partial charge in [0.05, 0.1) is 4.90 Å². The van der Waals surface area contributed by atoms with E-state index in [0.717, 1.165) is 4.90 Å². The van der Waals surface area contributed by atoms with Crippen LogP contribution in [0.4, 0.5) is 9.18 Å². The fourth-order valence-electron chi connectivity index (χ4n) is 4.26. The summed E-state index contributed by atoms with van der Waals surface area (Å²) in [6, 6.07) is 10.2. The average molecular weight is 517 g/mol. The molecule has 0 spiro atoms. The molecule has 2 aliphatic heterocycles. The second kappa shape index (κ2) is 9.43. The first-order chi connectivity index (χ1) is 16.9. The molecule has 2 aliphatic rings. The van der Waals surface area contributed by atoms with Gasteiger partial charge in [0.15, 0.2) is 5.78 Å². The van der Waals surface area contributed by atoms with Gasteiger partial charge in [0.25, 0.3) is 5.91 Å².